The Hall–Kier alpha value is -2.60. The van der Waals surface area contributed by atoms with E-state index in [1.54, 1.807) is 24.7 Å². The van der Waals surface area contributed by atoms with Crippen LogP contribution in [0.1, 0.15) is 5.82 Å². The summed E-state index contributed by atoms with van der Waals surface area (Å²) in [5.41, 5.74) is 3.38. The van der Waals surface area contributed by atoms with Crippen molar-refractivity contribution in [1.29, 1.82) is 0 Å². The lowest BCUT2D eigenvalue weighted by molar-refractivity contribution is 0.628. The monoisotopic (exact) mass is 311 g/mol. The highest BCUT2D eigenvalue weighted by Gasteiger charge is 2.16. The van der Waals surface area contributed by atoms with E-state index in [0.717, 1.165) is 35.7 Å². The maximum atomic E-state index is 13.2. The highest BCUT2D eigenvalue weighted by atomic mass is 19.1. The largest absolute Gasteiger partial charge is 0.328 e. The Morgan fingerprint density at radius 3 is 2.61 bits per heavy atom. The Bertz CT molecular complexity index is 795. The Morgan fingerprint density at radius 2 is 1.91 bits per heavy atom. The standard InChI is InChI=1S/C17H18FN5/c1-12-20-8-7-15(22-12)17-16(13-3-5-14(18)6-4-13)21-11-23(17)10-9-19-2/h3-8,11,19H,9-10H2,1-2H3. The first-order valence-corrected chi connectivity index (χ1v) is 7.44. The van der Waals surface area contributed by atoms with Crippen LogP contribution < -0.4 is 5.32 Å². The summed E-state index contributed by atoms with van der Waals surface area (Å²) >= 11 is 0. The molecule has 1 N–H and O–H groups in total. The SMILES string of the molecule is CNCCn1cnc(-c2ccc(F)cc2)c1-c1ccnc(C)n1. The van der Waals surface area contributed by atoms with Crippen molar-refractivity contribution >= 4 is 0 Å². The van der Waals surface area contributed by atoms with Crippen LogP contribution in [0.5, 0.6) is 0 Å². The first-order chi connectivity index (χ1) is 11.2. The normalized spacial score (nSPS) is 10.9. The number of halogens is 1. The molecule has 3 rings (SSSR count). The minimum Gasteiger partial charge on any atom is -0.328 e. The van der Waals surface area contributed by atoms with Crippen molar-refractivity contribution in [2.75, 3.05) is 13.6 Å². The van der Waals surface area contributed by atoms with Gasteiger partial charge < -0.3 is 9.88 Å². The number of likely N-dealkylation sites (N-methyl/N-ethyl adjacent to an activating group) is 1. The van der Waals surface area contributed by atoms with Crippen molar-refractivity contribution in [3.63, 3.8) is 0 Å². The molecule has 0 saturated carbocycles. The maximum Gasteiger partial charge on any atom is 0.125 e. The molecule has 0 aliphatic rings. The summed E-state index contributed by atoms with van der Waals surface area (Å²) in [5, 5.41) is 3.13. The summed E-state index contributed by atoms with van der Waals surface area (Å²) in [7, 11) is 1.91. The van der Waals surface area contributed by atoms with Crippen LogP contribution in [0.15, 0.2) is 42.9 Å². The third-order valence-electron chi connectivity index (χ3n) is 3.58. The second-order valence-electron chi connectivity index (χ2n) is 5.23. The van der Waals surface area contributed by atoms with Gasteiger partial charge in [0, 0.05) is 24.8 Å². The fourth-order valence-electron chi connectivity index (χ4n) is 2.46. The molecule has 6 heteroatoms. The van der Waals surface area contributed by atoms with Gasteiger partial charge in [0.2, 0.25) is 0 Å². The highest BCUT2D eigenvalue weighted by molar-refractivity contribution is 5.76. The molecule has 5 nitrogen and oxygen atoms in total. The van der Waals surface area contributed by atoms with Crippen LogP contribution in [-0.4, -0.2) is 33.1 Å². The summed E-state index contributed by atoms with van der Waals surface area (Å²) in [6.45, 7) is 3.44. The molecular weight excluding hydrogens is 293 g/mol. The maximum absolute atomic E-state index is 13.2. The lowest BCUT2D eigenvalue weighted by Crippen LogP contribution is -2.15. The van der Waals surface area contributed by atoms with Crippen LogP contribution in [0, 0.1) is 12.7 Å². The fraction of sp³-hybridized carbons (Fsp3) is 0.235. The van der Waals surface area contributed by atoms with Crippen LogP contribution in [0.25, 0.3) is 22.6 Å². The minimum absolute atomic E-state index is 0.261. The Kier molecular flexibility index (Phi) is 4.43. The Morgan fingerprint density at radius 1 is 1.13 bits per heavy atom. The molecule has 0 aliphatic carbocycles. The van der Waals surface area contributed by atoms with Gasteiger partial charge in [-0.05, 0) is 44.3 Å². The molecule has 0 fully saturated rings. The summed E-state index contributed by atoms with van der Waals surface area (Å²) in [6.07, 6.45) is 3.53. The molecule has 0 amide bonds. The number of nitrogens with zero attached hydrogens (tertiary/aromatic N) is 4. The first-order valence-electron chi connectivity index (χ1n) is 7.44. The van der Waals surface area contributed by atoms with E-state index in [2.05, 4.69) is 24.8 Å². The van der Waals surface area contributed by atoms with Crippen LogP contribution in [0.4, 0.5) is 4.39 Å². The van der Waals surface area contributed by atoms with Gasteiger partial charge in [-0.25, -0.2) is 19.3 Å². The van der Waals surface area contributed by atoms with Crippen molar-refractivity contribution in [3.8, 4) is 22.6 Å². The van der Waals surface area contributed by atoms with Gasteiger partial charge in [0.15, 0.2) is 0 Å². The molecule has 2 aromatic heterocycles. The van der Waals surface area contributed by atoms with Crippen molar-refractivity contribution < 1.29 is 4.39 Å². The molecule has 0 spiro atoms. The Balaban J connectivity index is 2.12. The third-order valence-corrected chi connectivity index (χ3v) is 3.58. The van der Waals surface area contributed by atoms with Gasteiger partial charge in [-0.1, -0.05) is 0 Å². The zero-order chi connectivity index (χ0) is 16.2. The van der Waals surface area contributed by atoms with E-state index >= 15 is 0 Å². The zero-order valence-corrected chi connectivity index (χ0v) is 13.1. The number of hydrogen-bond acceptors (Lipinski definition) is 4. The number of imidazole rings is 1. The van der Waals surface area contributed by atoms with Crippen LogP contribution in [0.2, 0.25) is 0 Å². The molecule has 0 atom stereocenters. The van der Waals surface area contributed by atoms with Gasteiger partial charge in [0.05, 0.1) is 23.4 Å². The summed E-state index contributed by atoms with van der Waals surface area (Å²) in [4.78, 5) is 13.2. The van der Waals surface area contributed by atoms with Crippen LogP contribution >= 0.6 is 0 Å². The number of benzene rings is 1. The number of rotatable bonds is 5. The number of aryl methyl sites for hydroxylation is 1. The second kappa shape index (κ2) is 6.66. The molecule has 2 heterocycles. The van der Waals surface area contributed by atoms with E-state index in [-0.39, 0.29) is 5.82 Å². The molecule has 3 aromatic rings. The van der Waals surface area contributed by atoms with Gasteiger partial charge in [-0.15, -0.1) is 0 Å². The average Bonchev–Trinajstić information content (AvgIpc) is 2.97. The van der Waals surface area contributed by atoms with Crippen LogP contribution in [0.3, 0.4) is 0 Å². The lowest BCUT2D eigenvalue weighted by Gasteiger charge is -2.10. The predicted octanol–water partition coefficient (Wildman–Crippen LogP) is 2.67. The predicted molar refractivity (Wildman–Crippen MR) is 87.3 cm³/mol. The number of hydrogen-bond donors (Lipinski definition) is 1. The fourth-order valence-corrected chi connectivity index (χ4v) is 2.46. The number of aromatic nitrogens is 4. The van der Waals surface area contributed by atoms with E-state index < -0.39 is 0 Å². The molecule has 0 saturated heterocycles. The van der Waals surface area contributed by atoms with Crippen LogP contribution in [-0.2, 0) is 6.54 Å². The quantitative estimate of drug-likeness (QED) is 0.787. The minimum atomic E-state index is -0.261. The van der Waals surface area contributed by atoms with E-state index in [1.165, 1.54) is 12.1 Å². The average molecular weight is 311 g/mol. The Labute approximate surface area is 134 Å². The lowest BCUT2D eigenvalue weighted by atomic mass is 10.1. The topological polar surface area (TPSA) is 55.6 Å². The number of nitrogens with one attached hydrogen (secondary N) is 1. The summed E-state index contributed by atoms with van der Waals surface area (Å²) in [6, 6.07) is 8.22. The molecule has 23 heavy (non-hydrogen) atoms. The van der Waals surface area contributed by atoms with E-state index in [4.69, 9.17) is 0 Å². The first kappa shape index (κ1) is 15.3. The highest BCUT2D eigenvalue weighted by Crippen LogP contribution is 2.30. The van der Waals surface area contributed by atoms with E-state index in [1.807, 2.05) is 20.0 Å². The van der Waals surface area contributed by atoms with Gasteiger partial charge in [-0.2, -0.15) is 0 Å². The van der Waals surface area contributed by atoms with Crippen molar-refractivity contribution in [2.45, 2.75) is 13.5 Å². The summed E-state index contributed by atoms with van der Waals surface area (Å²) < 4.78 is 15.2. The molecule has 0 bridgehead atoms. The van der Waals surface area contributed by atoms with Crippen molar-refractivity contribution in [1.82, 2.24) is 24.8 Å². The van der Waals surface area contributed by atoms with E-state index in [9.17, 15) is 4.39 Å². The molecule has 0 radical (unpaired) electrons. The van der Waals surface area contributed by atoms with Crippen molar-refractivity contribution in [3.05, 3.63) is 54.5 Å². The van der Waals surface area contributed by atoms with Gasteiger partial charge in [-0.3, -0.25) is 0 Å². The zero-order valence-electron chi connectivity index (χ0n) is 13.1. The van der Waals surface area contributed by atoms with Gasteiger partial charge in [0.1, 0.15) is 11.6 Å². The smallest absolute Gasteiger partial charge is 0.125 e. The molecule has 1 aromatic carbocycles. The van der Waals surface area contributed by atoms with Gasteiger partial charge in [0.25, 0.3) is 0 Å². The second-order valence-corrected chi connectivity index (χ2v) is 5.23. The van der Waals surface area contributed by atoms with Crippen molar-refractivity contribution in [2.24, 2.45) is 0 Å². The molecule has 0 aliphatic heterocycles. The third kappa shape index (κ3) is 3.27. The molecule has 0 unspecified atom stereocenters. The van der Waals surface area contributed by atoms with E-state index in [0.29, 0.717) is 5.82 Å². The summed E-state index contributed by atoms with van der Waals surface area (Å²) in [5.74, 6) is 0.441. The van der Waals surface area contributed by atoms with Gasteiger partial charge >= 0.3 is 0 Å². The molecular formula is C17H18FN5. The molecule has 118 valence electrons.